The molecule has 2 rings (SSSR count). The highest BCUT2D eigenvalue weighted by Gasteiger charge is 2.34. The van der Waals surface area contributed by atoms with E-state index in [0.29, 0.717) is 12.1 Å². The van der Waals surface area contributed by atoms with Gasteiger partial charge in [0.05, 0.1) is 12.2 Å². The Morgan fingerprint density at radius 2 is 2.20 bits per heavy atom. The number of hydrogen-bond donors (Lipinski definition) is 3. The number of anilines is 1. The average molecular weight is 208 g/mol. The lowest BCUT2D eigenvalue weighted by molar-refractivity contribution is 0.00678. The fraction of sp³-hybridized carbons (Fsp3) is 0.545. The van der Waals surface area contributed by atoms with Gasteiger partial charge in [0.25, 0.3) is 0 Å². The molecule has 1 saturated carbocycles. The number of pyridine rings is 1. The van der Waals surface area contributed by atoms with Crippen LogP contribution in [0.25, 0.3) is 0 Å². The smallest absolute Gasteiger partial charge is 0.0843 e. The molecule has 1 fully saturated rings. The molecule has 0 aliphatic heterocycles. The molecule has 0 spiro atoms. The molecular weight excluding hydrogens is 192 g/mol. The van der Waals surface area contributed by atoms with E-state index in [1.54, 1.807) is 18.5 Å². The van der Waals surface area contributed by atoms with Gasteiger partial charge in [-0.25, -0.2) is 0 Å². The number of aromatic nitrogens is 1. The van der Waals surface area contributed by atoms with Crippen LogP contribution < -0.4 is 5.73 Å². The van der Waals surface area contributed by atoms with E-state index in [1.165, 1.54) is 0 Å². The molecule has 4 N–H and O–H groups in total. The van der Waals surface area contributed by atoms with Crippen molar-refractivity contribution in [2.75, 3.05) is 5.73 Å². The minimum Gasteiger partial charge on any atom is -0.398 e. The summed E-state index contributed by atoms with van der Waals surface area (Å²) in [5.74, 6) is 0.276. The summed E-state index contributed by atoms with van der Waals surface area (Å²) in [6.45, 7) is 0. The summed E-state index contributed by atoms with van der Waals surface area (Å²) in [6, 6.07) is 1.70. The van der Waals surface area contributed by atoms with Crippen LogP contribution in [0.4, 0.5) is 5.69 Å². The summed E-state index contributed by atoms with van der Waals surface area (Å²) in [5, 5.41) is 19.5. The zero-order valence-corrected chi connectivity index (χ0v) is 8.50. The van der Waals surface area contributed by atoms with E-state index >= 15 is 0 Å². The summed E-state index contributed by atoms with van der Waals surface area (Å²) >= 11 is 0. The van der Waals surface area contributed by atoms with Gasteiger partial charge in [0, 0.05) is 24.5 Å². The standard InChI is InChI=1S/C11H16N2O2/c12-9-3-4-13-6-8(9)5-10(14)11(15)7-1-2-7/h3-4,6-7,10-11,14-15H,1-2,5H2,(H2,12,13). The Bertz CT molecular complexity index is 339. The van der Waals surface area contributed by atoms with E-state index < -0.39 is 12.2 Å². The predicted molar refractivity (Wildman–Crippen MR) is 57.1 cm³/mol. The van der Waals surface area contributed by atoms with E-state index in [2.05, 4.69) is 4.98 Å². The van der Waals surface area contributed by atoms with Gasteiger partial charge in [0.2, 0.25) is 0 Å². The van der Waals surface area contributed by atoms with Crippen molar-refractivity contribution in [3.8, 4) is 0 Å². The molecule has 0 radical (unpaired) electrons. The minimum absolute atomic E-state index is 0.276. The third-order valence-electron chi connectivity index (χ3n) is 2.87. The van der Waals surface area contributed by atoms with E-state index in [1.807, 2.05) is 0 Å². The van der Waals surface area contributed by atoms with E-state index in [-0.39, 0.29) is 5.92 Å². The summed E-state index contributed by atoms with van der Waals surface area (Å²) < 4.78 is 0. The second kappa shape index (κ2) is 4.16. The Labute approximate surface area is 88.8 Å². The number of rotatable bonds is 4. The Morgan fingerprint density at radius 3 is 2.80 bits per heavy atom. The van der Waals surface area contributed by atoms with Crippen LogP contribution in [0.2, 0.25) is 0 Å². The lowest BCUT2D eigenvalue weighted by Gasteiger charge is -2.17. The van der Waals surface area contributed by atoms with Crippen molar-refractivity contribution >= 4 is 5.69 Å². The molecule has 1 aliphatic rings. The van der Waals surface area contributed by atoms with Crippen LogP contribution in [0.15, 0.2) is 18.5 Å². The van der Waals surface area contributed by atoms with Crippen molar-refractivity contribution in [2.45, 2.75) is 31.5 Å². The molecule has 4 heteroatoms. The van der Waals surface area contributed by atoms with E-state index in [0.717, 1.165) is 18.4 Å². The van der Waals surface area contributed by atoms with Crippen molar-refractivity contribution in [1.82, 2.24) is 4.98 Å². The maximum atomic E-state index is 9.77. The van der Waals surface area contributed by atoms with Crippen molar-refractivity contribution in [1.29, 1.82) is 0 Å². The lowest BCUT2D eigenvalue weighted by atomic mass is 10.0. The second-order valence-electron chi connectivity index (χ2n) is 4.17. The normalized spacial score (nSPS) is 19.9. The van der Waals surface area contributed by atoms with Crippen LogP contribution in [0, 0.1) is 5.92 Å². The molecule has 2 atom stereocenters. The zero-order valence-electron chi connectivity index (χ0n) is 8.50. The molecule has 0 aromatic carbocycles. The molecule has 1 heterocycles. The highest BCUT2D eigenvalue weighted by Crippen LogP contribution is 2.34. The Balaban J connectivity index is 1.98. The fourth-order valence-corrected chi connectivity index (χ4v) is 1.71. The largest absolute Gasteiger partial charge is 0.398 e. The average Bonchev–Trinajstić information content (AvgIpc) is 3.04. The fourth-order valence-electron chi connectivity index (χ4n) is 1.71. The number of nitrogens with zero attached hydrogens (tertiary/aromatic N) is 1. The van der Waals surface area contributed by atoms with Gasteiger partial charge in [0.15, 0.2) is 0 Å². The molecule has 1 aliphatic carbocycles. The van der Waals surface area contributed by atoms with Crippen LogP contribution in [-0.4, -0.2) is 27.4 Å². The van der Waals surface area contributed by atoms with Gasteiger partial charge in [-0.1, -0.05) is 0 Å². The first-order valence-electron chi connectivity index (χ1n) is 5.23. The van der Waals surface area contributed by atoms with Crippen molar-refractivity contribution < 1.29 is 10.2 Å². The van der Waals surface area contributed by atoms with Crippen LogP contribution in [0.3, 0.4) is 0 Å². The Hall–Kier alpha value is -1.13. The Kier molecular flexibility index (Phi) is 2.88. The van der Waals surface area contributed by atoms with E-state index in [4.69, 9.17) is 5.73 Å². The van der Waals surface area contributed by atoms with Gasteiger partial charge >= 0.3 is 0 Å². The van der Waals surface area contributed by atoms with Crippen molar-refractivity contribution in [3.63, 3.8) is 0 Å². The Morgan fingerprint density at radius 1 is 1.47 bits per heavy atom. The summed E-state index contributed by atoms with van der Waals surface area (Å²) in [6.07, 6.45) is 4.30. The van der Waals surface area contributed by atoms with Crippen molar-refractivity contribution in [3.05, 3.63) is 24.0 Å². The number of nitrogen functional groups attached to an aromatic ring is 1. The second-order valence-corrected chi connectivity index (χ2v) is 4.17. The molecule has 0 saturated heterocycles. The van der Waals surface area contributed by atoms with Crippen LogP contribution in [0.5, 0.6) is 0 Å². The first-order chi connectivity index (χ1) is 7.18. The van der Waals surface area contributed by atoms with E-state index in [9.17, 15) is 10.2 Å². The molecule has 2 unspecified atom stereocenters. The first kappa shape index (κ1) is 10.4. The molecule has 82 valence electrons. The van der Waals surface area contributed by atoms with Crippen LogP contribution in [-0.2, 0) is 6.42 Å². The van der Waals surface area contributed by atoms with Gasteiger partial charge in [-0.2, -0.15) is 0 Å². The molecule has 0 amide bonds. The molecule has 4 nitrogen and oxygen atoms in total. The van der Waals surface area contributed by atoms with Gasteiger partial charge in [-0.15, -0.1) is 0 Å². The molecule has 0 bridgehead atoms. The highest BCUT2D eigenvalue weighted by molar-refractivity contribution is 5.44. The summed E-state index contributed by atoms with van der Waals surface area (Å²) in [4.78, 5) is 3.95. The zero-order chi connectivity index (χ0) is 10.8. The molecular formula is C11H16N2O2. The molecule has 1 aromatic rings. The SMILES string of the molecule is Nc1ccncc1CC(O)C(O)C1CC1. The van der Waals surface area contributed by atoms with Gasteiger partial charge in [0.1, 0.15) is 0 Å². The summed E-state index contributed by atoms with van der Waals surface area (Å²) in [5.41, 5.74) is 7.14. The monoisotopic (exact) mass is 208 g/mol. The lowest BCUT2D eigenvalue weighted by Crippen LogP contribution is -2.30. The maximum absolute atomic E-state index is 9.77. The third kappa shape index (κ3) is 2.46. The number of hydrogen-bond acceptors (Lipinski definition) is 4. The van der Waals surface area contributed by atoms with Crippen LogP contribution >= 0.6 is 0 Å². The first-order valence-corrected chi connectivity index (χ1v) is 5.23. The number of aliphatic hydroxyl groups is 2. The van der Waals surface area contributed by atoms with Crippen LogP contribution in [0.1, 0.15) is 18.4 Å². The molecule has 1 aromatic heterocycles. The van der Waals surface area contributed by atoms with Crippen molar-refractivity contribution in [2.24, 2.45) is 5.92 Å². The third-order valence-corrected chi connectivity index (χ3v) is 2.87. The maximum Gasteiger partial charge on any atom is 0.0843 e. The predicted octanol–water partition coefficient (Wildman–Crippen LogP) is 0.338. The molecule has 15 heavy (non-hydrogen) atoms. The quantitative estimate of drug-likeness (QED) is 0.666. The summed E-state index contributed by atoms with van der Waals surface area (Å²) in [7, 11) is 0. The topological polar surface area (TPSA) is 79.4 Å². The number of aliphatic hydroxyl groups excluding tert-OH is 2. The van der Waals surface area contributed by atoms with Gasteiger partial charge in [-0.05, 0) is 30.4 Å². The van der Waals surface area contributed by atoms with Gasteiger partial charge in [-0.3, -0.25) is 4.98 Å². The number of nitrogens with two attached hydrogens (primary N) is 1. The highest BCUT2D eigenvalue weighted by atomic mass is 16.3. The minimum atomic E-state index is -0.732. The van der Waals surface area contributed by atoms with Gasteiger partial charge < -0.3 is 15.9 Å².